The summed E-state index contributed by atoms with van der Waals surface area (Å²) in [4.78, 5) is 26.2. The van der Waals surface area contributed by atoms with Crippen molar-refractivity contribution in [2.75, 3.05) is 54.2 Å². The van der Waals surface area contributed by atoms with Crippen LogP contribution in [0.15, 0.2) is 59.9 Å². The first-order chi connectivity index (χ1) is 16.0. The van der Waals surface area contributed by atoms with E-state index in [0.29, 0.717) is 5.02 Å². The van der Waals surface area contributed by atoms with Crippen LogP contribution in [0.1, 0.15) is 5.56 Å². The Hall–Kier alpha value is -2.97. The van der Waals surface area contributed by atoms with Crippen molar-refractivity contribution in [3.63, 3.8) is 0 Å². The minimum absolute atomic E-state index is 0.105. The van der Waals surface area contributed by atoms with Crippen molar-refractivity contribution in [1.82, 2.24) is 9.97 Å². The quantitative estimate of drug-likeness (QED) is 0.496. The highest BCUT2D eigenvalue weighted by molar-refractivity contribution is 8.00. The SMILES string of the molecule is COc1ccc(N2CCN(c3nccnc3SCC(=O)Nc3cc(Cl)ccc3C)CC2)cc1. The van der Waals surface area contributed by atoms with Crippen LogP contribution in [0.3, 0.4) is 0 Å². The van der Waals surface area contributed by atoms with Crippen LogP contribution in [0, 0.1) is 6.92 Å². The topological polar surface area (TPSA) is 70.6 Å². The fourth-order valence-corrected chi connectivity index (χ4v) is 4.61. The molecule has 33 heavy (non-hydrogen) atoms. The fourth-order valence-electron chi connectivity index (χ4n) is 3.66. The van der Waals surface area contributed by atoms with E-state index in [9.17, 15) is 4.79 Å². The summed E-state index contributed by atoms with van der Waals surface area (Å²) in [7, 11) is 1.67. The van der Waals surface area contributed by atoms with E-state index in [0.717, 1.165) is 54.0 Å². The third-order valence-electron chi connectivity index (χ3n) is 5.48. The molecule has 0 radical (unpaired) electrons. The van der Waals surface area contributed by atoms with Gasteiger partial charge in [0, 0.05) is 55.0 Å². The highest BCUT2D eigenvalue weighted by atomic mass is 35.5. The highest BCUT2D eigenvalue weighted by Gasteiger charge is 2.22. The second-order valence-electron chi connectivity index (χ2n) is 7.65. The molecule has 0 aliphatic carbocycles. The van der Waals surface area contributed by atoms with Gasteiger partial charge in [0.2, 0.25) is 5.91 Å². The molecule has 9 heteroatoms. The van der Waals surface area contributed by atoms with Gasteiger partial charge < -0.3 is 19.9 Å². The van der Waals surface area contributed by atoms with E-state index in [2.05, 4.69) is 37.2 Å². The van der Waals surface area contributed by atoms with Crippen LogP contribution in [0.4, 0.5) is 17.2 Å². The van der Waals surface area contributed by atoms with Crippen molar-refractivity contribution in [3.05, 3.63) is 65.4 Å². The van der Waals surface area contributed by atoms with Gasteiger partial charge in [-0.1, -0.05) is 29.4 Å². The van der Waals surface area contributed by atoms with Gasteiger partial charge in [0.1, 0.15) is 10.8 Å². The molecule has 1 aliphatic heterocycles. The van der Waals surface area contributed by atoms with Crippen LogP contribution in [-0.4, -0.2) is 54.9 Å². The van der Waals surface area contributed by atoms with Crippen LogP contribution < -0.4 is 19.9 Å². The van der Waals surface area contributed by atoms with E-state index < -0.39 is 0 Å². The molecule has 0 saturated carbocycles. The van der Waals surface area contributed by atoms with E-state index in [1.807, 2.05) is 31.2 Å². The molecule has 0 atom stereocenters. The number of amides is 1. The molecule has 1 aromatic heterocycles. The maximum atomic E-state index is 12.5. The largest absolute Gasteiger partial charge is 0.497 e. The van der Waals surface area contributed by atoms with Crippen molar-refractivity contribution in [2.45, 2.75) is 11.9 Å². The number of piperazine rings is 1. The van der Waals surface area contributed by atoms with Gasteiger partial charge in [-0.25, -0.2) is 9.97 Å². The Morgan fingerprint density at radius 1 is 1.06 bits per heavy atom. The number of nitrogens with one attached hydrogen (secondary N) is 1. The number of benzene rings is 2. The molecular formula is C24H26ClN5O2S. The third-order valence-corrected chi connectivity index (χ3v) is 6.68. The second kappa shape index (κ2) is 10.8. The molecule has 0 spiro atoms. The number of nitrogens with zero attached hydrogens (tertiary/aromatic N) is 4. The molecule has 2 aromatic carbocycles. The summed E-state index contributed by atoms with van der Waals surface area (Å²) in [5.74, 6) is 1.81. The van der Waals surface area contributed by atoms with Crippen molar-refractivity contribution in [2.24, 2.45) is 0 Å². The first-order valence-electron chi connectivity index (χ1n) is 10.7. The maximum Gasteiger partial charge on any atom is 0.234 e. The number of anilines is 3. The van der Waals surface area contributed by atoms with Crippen LogP contribution in [0.2, 0.25) is 5.02 Å². The lowest BCUT2D eigenvalue weighted by molar-refractivity contribution is -0.113. The number of rotatable bonds is 7. The molecule has 0 unspecified atom stereocenters. The Balaban J connectivity index is 1.35. The lowest BCUT2D eigenvalue weighted by Gasteiger charge is -2.37. The summed E-state index contributed by atoms with van der Waals surface area (Å²) >= 11 is 7.45. The van der Waals surface area contributed by atoms with Crippen LogP contribution >= 0.6 is 23.4 Å². The normalized spacial score (nSPS) is 13.7. The number of carbonyl (C=O) groups is 1. The summed E-state index contributed by atoms with van der Waals surface area (Å²) in [6.45, 7) is 5.34. The van der Waals surface area contributed by atoms with Gasteiger partial charge in [-0.2, -0.15) is 0 Å². The van der Waals surface area contributed by atoms with Gasteiger partial charge in [0.25, 0.3) is 0 Å². The molecule has 1 saturated heterocycles. The molecule has 1 aliphatic rings. The van der Waals surface area contributed by atoms with E-state index in [1.165, 1.54) is 17.4 Å². The Morgan fingerprint density at radius 3 is 2.48 bits per heavy atom. The number of hydrogen-bond acceptors (Lipinski definition) is 7. The standard InChI is InChI=1S/C24H26ClN5O2S/c1-17-3-4-18(25)15-21(17)28-22(31)16-33-24-23(26-9-10-27-24)30-13-11-29(12-14-30)19-5-7-20(32-2)8-6-19/h3-10,15H,11-14,16H2,1-2H3,(H,28,31). The number of hydrogen-bond donors (Lipinski definition) is 1. The molecule has 3 aromatic rings. The number of aromatic nitrogens is 2. The Kier molecular flexibility index (Phi) is 7.57. The van der Waals surface area contributed by atoms with Crippen LogP contribution in [0.25, 0.3) is 0 Å². The first-order valence-corrected chi connectivity index (χ1v) is 12.0. The van der Waals surface area contributed by atoms with Crippen molar-refractivity contribution < 1.29 is 9.53 Å². The van der Waals surface area contributed by atoms with Crippen LogP contribution in [0.5, 0.6) is 5.75 Å². The van der Waals surface area contributed by atoms with Crippen molar-refractivity contribution >= 4 is 46.5 Å². The third kappa shape index (κ3) is 5.89. The van der Waals surface area contributed by atoms with Crippen LogP contribution in [-0.2, 0) is 4.79 Å². The molecule has 1 amide bonds. The zero-order valence-electron chi connectivity index (χ0n) is 18.6. The van der Waals surface area contributed by atoms with Gasteiger partial charge in [-0.05, 0) is 48.9 Å². The summed E-state index contributed by atoms with van der Waals surface area (Å²) in [6, 6.07) is 13.6. The molecule has 7 nitrogen and oxygen atoms in total. The Bertz CT molecular complexity index is 1100. The predicted octanol–water partition coefficient (Wildman–Crippen LogP) is 4.50. The summed E-state index contributed by atoms with van der Waals surface area (Å²) in [6.07, 6.45) is 3.36. The molecule has 1 fully saturated rings. The molecule has 0 bridgehead atoms. The van der Waals surface area contributed by atoms with E-state index in [1.54, 1.807) is 25.6 Å². The number of halogens is 1. The summed E-state index contributed by atoms with van der Waals surface area (Å²) in [5.41, 5.74) is 2.87. The first kappa shape index (κ1) is 23.2. The number of aryl methyl sites for hydroxylation is 1. The summed E-state index contributed by atoms with van der Waals surface area (Å²) < 4.78 is 5.25. The van der Waals surface area contributed by atoms with Gasteiger partial charge in [0.05, 0.1) is 12.9 Å². The van der Waals surface area contributed by atoms with E-state index in [4.69, 9.17) is 16.3 Å². The minimum Gasteiger partial charge on any atom is -0.497 e. The zero-order valence-corrected chi connectivity index (χ0v) is 20.2. The predicted molar refractivity (Wildman–Crippen MR) is 135 cm³/mol. The van der Waals surface area contributed by atoms with E-state index in [-0.39, 0.29) is 11.7 Å². The molecule has 1 N–H and O–H groups in total. The van der Waals surface area contributed by atoms with Crippen molar-refractivity contribution in [3.8, 4) is 5.75 Å². The van der Waals surface area contributed by atoms with E-state index >= 15 is 0 Å². The molecular weight excluding hydrogens is 458 g/mol. The highest BCUT2D eigenvalue weighted by Crippen LogP contribution is 2.28. The second-order valence-corrected chi connectivity index (χ2v) is 9.05. The Labute approximate surface area is 203 Å². The number of carbonyl (C=O) groups excluding carboxylic acids is 1. The zero-order chi connectivity index (χ0) is 23.2. The van der Waals surface area contributed by atoms with Gasteiger partial charge >= 0.3 is 0 Å². The van der Waals surface area contributed by atoms with Gasteiger partial charge in [-0.3, -0.25) is 4.79 Å². The lowest BCUT2D eigenvalue weighted by atomic mass is 10.2. The number of thioether (sulfide) groups is 1. The Morgan fingerprint density at radius 2 is 1.76 bits per heavy atom. The average molecular weight is 484 g/mol. The number of ether oxygens (including phenoxy) is 1. The smallest absolute Gasteiger partial charge is 0.234 e. The average Bonchev–Trinajstić information content (AvgIpc) is 2.85. The molecule has 172 valence electrons. The summed E-state index contributed by atoms with van der Waals surface area (Å²) in [5, 5.41) is 4.28. The fraction of sp³-hybridized carbons (Fsp3) is 0.292. The molecule has 2 heterocycles. The van der Waals surface area contributed by atoms with Gasteiger partial charge in [-0.15, -0.1) is 0 Å². The monoisotopic (exact) mass is 483 g/mol. The molecule has 4 rings (SSSR count). The lowest BCUT2D eigenvalue weighted by Crippen LogP contribution is -2.47. The maximum absolute atomic E-state index is 12.5. The minimum atomic E-state index is -0.105. The number of methoxy groups -OCH3 is 1. The van der Waals surface area contributed by atoms with Crippen molar-refractivity contribution in [1.29, 1.82) is 0 Å². The van der Waals surface area contributed by atoms with Gasteiger partial charge in [0.15, 0.2) is 5.82 Å².